The molecular weight excluding hydrogens is 302 g/mol. The second-order valence-electron chi connectivity index (χ2n) is 8.71. The zero-order chi connectivity index (χ0) is 18.1. The Hall–Kier alpha value is -0.820. The lowest BCUT2D eigenvalue weighted by molar-refractivity contribution is 0.367. The first-order valence-corrected chi connectivity index (χ1v) is 11.0. The average molecular weight is 344 g/mol. The molecule has 0 aromatic heterocycles. The fourth-order valence-electron chi connectivity index (χ4n) is 4.32. The molecule has 0 saturated carbocycles. The number of nitrogens with two attached hydrogens (primary N) is 1. The largest absolute Gasteiger partial charge is 0.325 e. The van der Waals surface area contributed by atoms with Gasteiger partial charge in [-0.05, 0) is 74.5 Å². The first-order valence-electron chi connectivity index (χ1n) is 11.0. The third-order valence-electron chi connectivity index (χ3n) is 6.24. The van der Waals surface area contributed by atoms with E-state index in [0.717, 1.165) is 12.8 Å². The van der Waals surface area contributed by atoms with Gasteiger partial charge in [-0.3, -0.25) is 0 Å². The monoisotopic (exact) mass is 343 g/mol. The molecule has 1 aliphatic carbocycles. The summed E-state index contributed by atoms with van der Waals surface area (Å²) in [7, 11) is 0. The van der Waals surface area contributed by atoms with Crippen molar-refractivity contribution in [2.45, 2.75) is 116 Å². The molecule has 0 amide bonds. The van der Waals surface area contributed by atoms with Crippen molar-refractivity contribution in [3.05, 3.63) is 34.9 Å². The molecule has 1 aliphatic rings. The van der Waals surface area contributed by atoms with E-state index in [4.69, 9.17) is 5.73 Å². The molecule has 1 aromatic carbocycles. The lowest BCUT2D eigenvalue weighted by Gasteiger charge is -2.29. The van der Waals surface area contributed by atoms with Crippen molar-refractivity contribution in [3.63, 3.8) is 0 Å². The quantitative estimate of drug-likeness (QED) is 0.362. The predicted molar refractivity (Wildman–Crippen MR) is 111 cm³/mol. The van der Waals surface area contributed by atoms with E-state index in [9.17, 15) is 0 Å². The molecule has 2 atom stereocenters. The van der Waals surface area contributed by atoms with Crippen LogP contribution < -0.4 is 5.73 Å². The zero-order valence-corrected chi connectivity index (χ0v) is 17.1. The van der Waals surface area contributed by atoms with Crippen molar-refractivity contribution < 1.29 is 0 Å². The highest BCUT2D eigenvalue weighted by Gasteiger charge is 2.26. The van der Waals surface area contributed by atoms with E-state index in [2.05, 4.69) is 39.0 Å². The molecule has 0 saturated heterocycles. The van der Waals surface area contributed by atoms with Crippen LogP contribution in [0.25, 0.3) is 0 Å². The van der Waals surface area contributed by atoms with Gasteiger partial charge in [0.15, 0.2) is 0 Å². The normalized spacial score (nSPS) is 19.9. The molecule has 0 fully saturated rings. The summed E-state index contributed by atoms with van der Waals surface area (Å²) in [6.07, 6.45) is 17.0. The van der Waals surface area contributed by atoms with Crippen LogP contribution in [0.15, 0.2) is 18.2 Å². The van der Waals surface area contributed by atoms with Gasteiger partial charge in [-0.25, -0.2) is 0 Å². The number of benzene rings is 1. The Kier molecular flexibility index (Phi) is 8.49. The maximum Gasteiger partial charge on any atom is 0.0129 e. The average Bonchev–Trinajstić information content (AvgIpc) is 2.79. The van der Waals surface area contributed by atoms with Crippen LogP contribution in [0.2, 0.25) is 0 Å². The number of rotatable bonds is 10. The molecule has 142 valence electrons. The Morgan fingerprint density at radius 2 is 1.80 bits per heavy atom. The summed E-state index contributed by atoms with van der Waals surface area (Å²) < 4.78 is 0. The van der Waals surface area contributed by atoms with Crippen LogP contribution in [0.3, 0.4) is 0 Å². The van der Waals surface area contributed by atoms with Crippen LogP contribution in [0.4, 0.5) is 0 Å². The molecule has 25 heavy (non-hydrogen) atoms. The minimum Gasteiger partial charge on any atom is -0.325 e. The Labute approximate surface area is 156 Å². The summed E-state index contributed by atoms with van der Waals surface area (Å²) in [6.45, 7) is 6.74. The summed E-state index contributed by atoms with van der Waals surface area (Å²) in [5, 5.41) is 0. The van der Waals surface area contributed by atoms with Gasteiger partial charge in [-0.1, -0.05) is 70.6 Å². The molecule has 1 aromatic rings. The van der Waals surface area contributed by atoms with Gasteiger partial charge in [0.05, 0.1) is 0 Å². The highest BCUT2D eigenvalue weighted by atomic mass is 14.7. The molecule has 2 N–H and O–H groups in total. The Morgan fingerprint density at radius 3 is 2.56 bits per heavy atom. The molecule has 0 heterocycles. The minimum atomic E-state index is -0.0244. The van der Waals surface area contributed by atoms with Crippen molar-refractivity contribution in [1.82, 2.24) is 0 Å². The summed E-state index contributed by atoms with van der Waals surface area (Å²) in [6, 6.07) is 7.38. The standard InChI is InChI=1S/C24H41N/c1-4-6-7-8-9-10-13-20-16-17-23-21(18-20)14-11-12-15-22(23)19-24(3,25)5-2/h16-18,22H,4-15,19,25H2,1-3H3. The van der Waals surface area contributed by atoms with E-state index in [1.165, 1.54) is 70.6 Å². The predicted octanol–water partition coefficient (Wildman–Crippen LogP) is 6.92. The van der Waals surface area contributed by atoms with Gasteiger partial charge >= 0.3 is 0 Å². The van der Waals surface area contributed by atoms with E-state index in [-0.39, 0.29) is 5.54 Å². The Morgan fingerprint density at radius 1 is 1.04 bits per heavy atom. The van der Waals surface area contributed by atoms with Gasteiger partial charge in [0, 0.05) is 5.54 Å². The number of fused-ring (bicyclic) bond motifs is 1. The molecule has 2 rings (SSSR count). The third-order valence-corrected chi connectivity index (χ3v) is 6.24. The van der Waals surface area contributed by atoms with Crippen molar-refractivity contribution in [2.24, 2.45) is 5.73 Å². The van der Waals surface area contributed by atoms with Crippen molar-refractivity contribution >= 4 is 0 Å². The lowest BCUT2D eigenvalue weighted by Crippen LogP contribution is -2.37. The number of hydrogen-bond donors (Lipinski definition) is 1. The molecule has 0 bridgehead atoms. The van der Waals surface area contributed by atoms with Crippen molar-refractivity contribution in [1.29, 1.82) is 0 Å². The fraction of sp³-hybridized carbons (Fsp3) is 0.750. The third kappa shape index (κ3) is 6.77. The zero-order valence-electron chi connectivity index (χ0n) is 17.1. The van der Waals surface area contributed by atoms with Gasteiger partial charge in [0.2, 0.25) is 0 Å². The Bertz CT molecular complexity index is 503. The SMILES string of the molecule is CCCCCCCCc1ccc2c(c1)CCCCC2CC(C)(N)CC. The highest BCUT2D eigenvalue weighted by Crippen LogP contribution is 2.36. The van der Waals surface area contributed by atoms with Crippen LogP contribution in [0, 0.1) is 0 Å². The molecule has 2 unspecified atom stereocenters. The molecular formula is C24H41N. The summed E-state index contributed by atoms with van der Waals surface area (Å²) in [5.74, 6) is 0.663. The van der Waals surface area contributed by atoms with Crippen LogP contribution in [0.5, 0.6) is 0 Å². The summed E-state index contributed by atoms with van der Waals surface area (Å²) >= 11 is 0. The molecule has 1 heteroatoms. The fourth-order valence-corrected chi connectivity index (χ4v) is 4.32. The van der Waals surface area contributed by atoms with E-state index in [1.807, 2.05) is 0 Å². The maximum absolute atomic E-state index is 6.50. The number of aryl methyl sites for hydroxylation is 2. The second-order valence-corrected chi connectivity index (χ2v) is 8.71. The van der Waals surface area contributed by atoms with Crippen molar-refractivity contribution in [3.8, 4) is 0 Å². The van der Waals surface area contributed by atoms with E-state index in [0.29, 0.717) is 5.92 Å². The minimum absolute atomic E-state index is 0.0244. The van der Waals surface area contributed by atoms with Gasteiger partial charge in [0.1, 0.15) is 0 Å². The van der Waals surface area contributed by atoms with Crippen LogP contribution in [-0.2, 0) is 12.8 Å². The van der Waals surface area contributed by atoms with Crippen LogP contribution >= 0.6 is 0 Å². The highest BCUT2D eigenvalue weighted by molar-refractivity contribution is 5.36. The first-order chi connectivity index (χ1) is 12.1. The van der Waals surface area contributed by atoms with Gasteiger partial charge in [-0.2, -0.15) is 0 Å². The summed E-state index contributed by atoms with van der Waals surface area (Å²) in [5.41, 5.74) is 11.3. The van der Waals surface area contributed by atoms with Gasteiger partial charge in [0.25, 0.3) is 0 Å². The molecule has 0 spiro atoms. The number of unbranched alkanes of at least 4 members (excludes halogenated alkanes) is 5. The van der Waals surface area contributed by atoms with E-state index >= 15 is 0 Å². The maximum atomic E-state index is 6.50. The summed E-state index contributed by atoms with van der Waals surface area (Å²) in [4.78, 5) is 0. The van der Waals surface area contributed by atoms with Crippen LogP contribution in [0.1, 0.15) is 114 Å². The smallest absolute Gasteiger partial charge is 0.0129 e. The topological polar surface area (TPSA) is 26.0 Å². The van der Waals surface area contributed by atoms with Gasteiger partial charge in [-0.15, -0.1) is 0 Å². The molecule has 1 nitrogen and oxygen atoms in total. The molecule has 0 radical (unpaired) electrons. The first kappa shape index (κ1) is 20.5. The lowest BCUT2D eigenvalue weighted by atomic mass is 9.80. The van der Waals surface area contributed by atoms with Gasteiger partial charge < -0.3 is 5.73 Å². The Balaban J connectivity index is 1.96. The second kappa shape index (κ2) is 10.4. The van der Waals surface area contributed by atoms with E-state index in [1.54, 1.807) is 16.7 Å². The molecule has 0 aliphatic heterocycles. The van der Waals surface area contributed by atoms with E-state index < -0.39 is 0 Å². The van der Waals surface area contributed by atoms with Crippen LogP contribution in [-0.4, -0.2) is 5.54 Å². The number of hydrogen-bond acceptors (Lipinski definition) is 1. The van der Waals surface area contributed by atoms with Crippen molar-refractivity contribution in [2.75, 3.05) is 0 Å².